The van der Waals surface area contributed by atoms with Crippen LogP contribution in [0.25, 0.3) is 0 Å². The van der Waals surface area contributed by atoms with Crippen LogP contribution < -0.4 is 0 Å². The second-order valence-corrected chi connectivity index (χ2v) is 4.58. The van der Waals surface area contributed by atoms with Gasteiger partial charge < -0.3 is 11.0 Å². The van der Waals surface area contributed by atoms with E-state index >= 15 is 0 Å². The molecular weight excluding hydrogens is 320 g/mol. The second kappa shape index (κ2) is 14.1. The third-order valence-corrected chi connectivity index (χ3v) is 3.08. The van der Waals surface area contributed by atoms with Crippen LogP contribution in [0, 0.1) is 0 Å². The first-order chi connectivity index (χ1) is 8.61. The zero-order valence-corrected chi connectivity index (χ0v) is 14.4. The standard InChI is InChI=1S/C14H24N4.Cu.2H2O/c1-11-12(2)16-8-6-10-18-14(4)13(3)17-9-5-7-15-11;;;/h5-10H2,1-4H3;;2*1H2/q;+2;;/p+2. The first kappa shape index (κ1) is 25.1. The van der Waals surface area contributed by atoms with E-state index in [2.05, 4.69) is 20.0 Å². The van der Waals surface area contributed by atoms with E-state index in [4.69, 9.17) is 0 Å². The molecule has 1 heterocycles. The Morgan fingerprint density at radius 2 is 0.714 bits per heavy atom. The topological polar surface area (TPSA) is 115 Å². The van der Waals surface area contributed by atoms with E-state index in [0.29, 0.717) is 0 Å². The molecule has 1 radical (unpaired) electrons. The van der Waals surface area contributed by atoms with Gasteiger partial charge in [-0.15, -0.1) is 0 Å². The summed E-state index contributed by atoms with van der Waals surface area (Å²) in [5.74, 6) is 0. The molecule has 0 saturated heterocycles. The summed E-state index contributed by atoms with van der Waals surface area (Å²) in [5, 5.41) is 0. The number of rotatable bonds is 0. The first-order valence-corrected chi connectivity index (χ1v) is 6.66. The monoisotopic (exact) mass is 349 g/mol. The summed E-state index contributed by atoms with van der Waals surface area (Å²) in [6.45, 7) is 11.4. The van der Waals surface area contributed by atoms with Gasteiger partial charge in [-0.1, -0.05) is 0 Å². The summed E-state index contributed by atoms with van der Waals surface area (Å²) in [6, 6.07) is 0. The maximum absolute atomic E-state index is 4.52. The molecular formula is C14H30CuN4O2+4. The Labute approximate surface area is 138 Å². The number of nitrogens with zero attached hydrogens (tertiary/aromatic N) is 4. The van der Waals surface area contributed by atoms with E-state index in [9.17, 15) is 0 Å². The van der Waals surface area contributed by atoms with Crippen molar-refractivity contribution in [3.05, 3.63) is 0 Å². The van der Waals surface area contributed by atoms with Gasteiger partial charge in [-0.05, 0) is 40.5 Å². The van der Waals surface area contributed by atoms with Crippen LogP contribution in [0.3, 0.4) is 0 Å². The van der Waals surface area contributed by atoms with Gasteiger partial charge in [-0.2, -0.15) is 0 Å². The summed E-state index contributed by atoms with van der Waals surface area (Å²) in [6.07, 6.45) is 1.96. The fraction of sp³-hybridized carbons (Fsp3) is 0.714. The molecule has 21 heavy (non-hydrogen) atoms. The molecule has 0 aromatic heterocycles. The zero-order chi connectivity index (χ0) is 13.4. The maximum Gasteiger partial charge on any atom is 2.00 e. The first-order valence-electron chi connectivity index (χ1n) is 6.66. The van der Waals surface area contributed by atoms with Gasteiger partial charge in [0.15, 0.2) is 0 Å². The van der Waals surface area contributed by atoms with Crippen LogP contribution in [0.1, 0.15) is 40.5 Å². The van der Waals surface area contributed by atoms with Crippen molar-refractivity contribution in [2.45, 2.75) is 40.5 Å². The molecule has 0 spiro atoms. The Morgan fingerprint density at radius 3 is 0.905 bits per heavy atom. The summed E-state index contributed by atoms with van der Waals surface area (Å²) in [4.78, 5) is 18.1. The normalized spacial score (nSPS) is 17.3. The van der Waals surface area contributed by atoms with E-state index in [1.807, 2.05) is 27.7 Å². The molecule has 125 valence electrons. The predicted molar refractivity (Wildman–Crippen MR) is 90.9 cm³/mol. The minimum atomic E-state index is 0. The van der Waals surface area contributed by atoms with Crippen molar-refractivity contribution in [1.82, 2.24) is 0 Å². The van der Waals surface area contributed by atoms with E-state index in [0.717, 1.165) is 61.9 Å². The van der Waals surface area contributed by atoms with Crippen LogP contribution in [-0.4, -0.2) is 49.0 Å². The average molecular weight is 350 g/mol. The van der Waals surface area contributed by atoms with Gasteiger partial charge in [-0.25, -0.2) is 0 Å². The molecule has 0 unspecified atom stereocenters. The molecule has 0 aliphatic carbocycles. The van der Waals surface area contributed by atoms with E-state index in [1.165, 1.54) is 0 Å². The van der Waals surface area contributed by atoms with Crippen LogP contribution in [-0.2, 0) is 28.0 Å². The Kier molecular flexibility index (Phi) is 16.8. The van der Waals surface area contributed by atoms with Crippen LogP contribution in [0.5, 0.6) is 0 Å². The molecule has 7 heteroatoms. The quantitative estimate of drug-likeness (QED) is 0.454. The SMILES string of the molecule is CC1=NCCCN=C(C)C(C)=NCCCN=C1C.[Cu+2].[OH3+].[OH3+]. The molecule has 1 aliphatic rings. The van der Waals surface area contributed by atoms with Crippen molar-refractivity contribution in [2.75, 3.05) is 26.2 Å². The van der Waals surface area contributed by atoms with Gasteiger partial charge in [0, 0.05) is 26.2 Å². The largest absolute Gasteiger partial charge is 2.00 e. The minimum Gasteiger partial charge on any atom is -0.457 e. The maximum atomic E-state index is 4.52. The summed E-state index contributed by atoms with van der Waals surface area (Å²) in [5.41, 5.74) is 4.19. The Bertz CT molecular complexity index is 330. The fourth-order valence-corrected chi connectivity index (χ4v) is 1.59. The van der Waals surface area contributed by atoms with E-state index in [-0.39, 0.29) is 28.0 Å². The van der Waals surface area contributed by atoms with Crippen molar-refractivity contribution < 1.29 is 28.0 Å². The number of hydrogen-bond donors (Lipinski definition) is 0. The molecule has 0 amide bonds. The molecule has 1 rings (SSSR count). The van der Waals surface area contributed by atoms with Crippen LogP contribution >= 0.6 is 0 Å². The molecule has 0 saturated carbocycles. The van der Waals surface area contributed by atoms with Crippen LogP contribution in [0.15, 0.2) is 20.0 Å². The van der Waals surface area contributed by atoms with Crippen LogP contribution in [0.4, 0.5) is 0 Å². The van der Waals surface area contributed by atoms with Crippen molar-refractivity contribution in [2.24, 2.45) is 20.0 Å². The van der Waals surface area contributed by atoms with Gasteiger partial charge in [-0.3, -0.25) is 20.0 Å². The molecule has 0 aromatic rings. The smallest absolute Gasteiger partial charge is 0.457 e. The van der Waals surface area contributed by atoms with E-state index < -0.39 is 0 Å². The van der Waals surface area contributed by atoms with Gasteiger partial charge in [0.25, 0.3) is 0 Å². The zero-order valence-electron chi connectivity index (χ0n) is 13.5. The molecule has 1 aliphatic heterocycles. The van der Waals surface area contributed by atoms with Crippen molar-refractivity contribution >= 4 is 22.8 Å². The third-order valence-electron chi connectivity index (χ3n) is 3.08. The molecule has 0 fully saturated rings. The second-order valence-electron chi connectivity index (χ2n) is 4.58. The van der Waals surface area contributed by atoms with Crippen molar-refractivity contribution in [3.8, 4) is 0 Å². The van der Waals surface area contributed by atoms with Gasteiger partial charge >= 0.3 is 17.1 Å². The van der Waals surface area contributed by atoms with Gasteiger partial charge in [0.2, 0.25) is 0 Å². The molecule has 0 atom stereocenters. The number of hydrogen-bond acceptors (Lipinski definition) is 4. The van der Waals surface area contributed by atoms with Crippen molar-refractivity contribution in [3.63, 3.8) is 0 Å². The fourth-order valence-electron chi connectivity index (χ4n) is 1.59. The molecule has 6 N–H and O–H groups in total. The Morgan fingerprint density at radius 1 is 0.524 bits per heavy atom. The Hall–Kier alpha value is -0.881. The summed E-state index contributed by atoms with van der Waals surface area (Å²) >= 11 is 0. The third kappa shape index (κ3) is 10.5. The molecule has 6 nitrogen and oxygen atoms in total. The van der Waals surface area contributed by atoms with Crippen molar-refractivity contribution in [1.29, 1.82) is 0 Å². The van der Waals surface area contributed by atoms with Gasteiger partial charge in [0.1, 0.15) is 0 Å². The average Bonchev–Trinajstić information content (AvgIpc) is 2.35. The predicted octanol–water partition coefficient (Wildman–Crippen LogP) is 0.778. The van der Waals surface area contributed by atoms with Crippen LogP contribution in [0.2, 0.25) is 0 Å². The number of aliphatic imine (C=N–C) groups is 4. The van der Waals surface area contributed by atoms with E-state index in [1.54, 1.807) is 0 Å². The van der Waals surface area contributed by atoms with Gasteiger partial charge in [0.05, 0.1) is 22.8 Å². The Balaban J connectivity index is -0.00000108. The molecule has 0 aromatic carbocycles. The summed E-state index contributed by atoms with van der Waals surface area (Å²) in [7, 11) is 0. The summed E-state index contributed by atoms with van der Waals surface area (Å²) < 4.78 is 0. The molecule has 0 bridgehead atoms. The minimum absolute atomic E-state index is 0.